The average Bonchev–Trinajstić information content (AvgIpc) is 2.85. The Balaban J connectivity index is 1.64. The van der Waals surface area contributed by atoms with Crippen LogP contribution in [0.2, 0.25) is 0 Å². The zero-order chi connectivity index (χ0) is 22.9. The Labute approximate surface area is 205 Å². The first-order chi connectivity index (χ1) is 16.2. The Morgan fingerprint density at radius 2 is 1.18 bits per heavy atom. The van der Waals surface area contributed by atoms with Crippen molar-refractivity contribution in [2.75, 3.05) is 0 Å². The molecule has 0 aliphatic heterocycles. The number of hydrogen-bond donors (Lipinski definition) is 0. The molecule has 4 heteroatoms. The molecule has 0 radical (unpaired) electrons. The maximum absolute atomic E-state index is 6.27. The number of rotatable bonds is 10. The molecular formula is C29H28O2S2. The zero-order valence-electron chi connectivity index (χ0n) is 18.9. The lowest BCUT2D eigenvalue weighted by atomic mass is 10.2. The lowest BCUT2D eigenvalue weighted by Crippen LogP contribution is -2.08. The summed E-state index contributed by atoms with van der Waals surface area (Å²) in [5, 5.41) is 0. The van der Waals surface area contributed by atoms with Crippen LogP contribution in [0.4, 0.5) is 0 Å². The van der Waals surface area contributed by atoms with Crippen molar-refractivity contribution < 1.29 is 9.47 Å². The van der Waals surface area contributed by atoms with Crippen molar-refractivity contribution in [1.82, 2.24) is 0 Å². The Bertz CT molecular complexity index is 1070. The van der Waals surface area contributed by atoms with Crippen LogP contribution in [0.25, 0.3) is 0 Å². The molecule has 4 rings (SSSR count). The number of ether oxygens (including phenoxy) is 2. The highest BCUT2D eigenvalue weighted by Gasteiger charge is 2.18. The van der Waals surface area contributed by atoms with E-state index in [0.29, 0.717) is 6.61 Å². The van der Waals surface area contributed by atoms with E-state index in [1.165, 1.54) is 15.4 Å². The van der Waals surface area contributed by atoms with Gasteiger partial charge in [-0.3, -0.25) is 0 Å². The summed E-state index contributed by atoms with van der Waals surface area (Å²) in [4.78, 5) is 2.47. The summed E-state index contributed by atoms with van der Waals surface area (Å²) in [7, 11) is 0. The fourth-order valence-electron chi connectivity index (χ4n) is 3.28. The molecule has 4 aromatic rings. The van der Waals surface area contributed by atoms with Gasteiger partial charge in [0, 0.05) is 9.79 Å². The summed E-state index contributed by atoms with van der Waals surface area (Å²) >= 11 is 3.69. The molecule has 0 amide bonds. The van der Waals surface area contributed by atoms with Crippen molar-refractivity contribution in [3.05, 3.63) is 120 Å². The van der Waals surface area contributed by atoms with E-state index in [2.05, 4.69) is 84.9 Å². The van der Waals surface area contributed by atoms with Gasteiger partial charge in [0.1, 0.15) is 6.61 Å². The minimum absolute atomic E-state index is 0.0723. The third kappa shape index (κ3) is 7.08. The van der Waals surface area contributed by atoms with E-state index in [4.69, 9.17) is 9.47 Å². The molecule has 0 spiro atoms. The third-order valence-corrected chi connectivity index (χ3v) is 7.45. The minimum Gasteiger partial charge on any atom is -0.487 e. The normalized spacial score (nSPS) is 11.0. The first kappa shape index (κ1) is 23.3. The molecule has 0 aromatic heterocycles. The molecule has 168 valence electrons. The van der Waals surface area contributed by atoms with Gasteiger partial charge < -0.3 is 9.47 Å². The van der Waals surface area contributed by atoms with E-state index in [1.807, 2.05) is 61.6 Å². The molecule has 0 heterocycles. The van der Waals surface area contributed by atoms with Gasteiger partial charge in [0.2, 0.25) is 0 Å². The van der Waals surface area contributed by atoms with E-state index >= 15 is 0 Å². The monoisotopic (exact) mass is 472 g/mol. The van der Waals surface area contributed by atoms with Crippen LogP contribution in [-0.2, 0) is 6.61 Å². The van der Waals surface area contributed by atoms with E-state index in [0.717, 1.165) is 17.1 Å². The van der Waals surface area contributed by atoms with Crippen molar-refractivity contribution in [3.63, 3.8) is 0 Å². The molecule has 0 bridgehead atoms. The maximum atomic E-state index is 6.27. The number of thioether (sulfide) groups is 2. The highest BCUT2D eigenvalue weighted by atomic mass is 32.2. The van der Waals surface area contributed by atoms with Gasteiger partial charge in [-0.15, -0.1) is 23.5 Å². The van der Waals surface area contributed by atoms with E-state index < -0.39 is 0 Å². The zero-order valence-corrected chi connectivity index (χ0v) is 20.5. The highest BCUT2D eigenvalue weighted by molar-refractivity contribution is 8.16. The molecular weight excluding hydrogens is 444 g/mol. The summed E-state index contributed by atoms with van der Waals surface area (Å²) in [5.41, 5.74) is 2.32. The summed E-state index contributed by atoms with van der Waals surface area (Å²) in [6, 6.07) is 37.6. The van der Waals surface area contributed by atoms with Crippen LogP contribution in [0.1, 0.15) is 29.6 Å². The first-order valence-corrected chi connectivity index (χ1v) is 12.8. The van der Waals surface area contributed by atoms with Gasteiger partial charge in [0.25, 0.3) is 0 Å². The Morgan fingerprint density at radius 1 is 0.636 bits per heavy atom. The van der Waals surface area contributed by atoms with Crippen molar-refractivity contribution in [3.8, 4) is 11.5 Å². The molecule has 0 saturated carbocycles. The van der Waals surface area contributed by atoms with E-state index in [9.17, 15) is 0 Å². The highest BCUT2D eigenvalue weighted by Crippen LogP contribution is 2.48. The topological polar surface area (TPSA) is 18.5 Å². The molecule has 4 aromatic carbocycles. The maximum Gasteiger partial charge on any atom is 0.162 e. The summed E-state index contributed by atoms with van der Waals surface area (Å²) in [5.74, 6) is 1.55. The van der Waals surface area contributed by atoms with Crippen LogP contribution in [0.15, 0.2) is 119 Å². The van der Waals surface area contributed by atoms with E-state index in [-0.39, 0.29) is 10.7 Å². The van der Waals surface area contributed by atoms with Gasteiger partial charge >= 0.3 is 0 Å². The van der Waals surface area contributed by atoms with Crippen molar-refractivity contribution in [1.29, 1.82) is 0 Å². The van der Waals surface area contributed by atoms with Gasteiger partial charge in [-0.2, -0.15) is 0 Å². The second-order valence-electron chi connectivity index (χ2n) is 7.84. The average molecular weight is 473 g/mol. The van der Waals surface area contributed by atoms with E-state index in [1.54, 1.807) is 0 Å². The SMILES string of the molecule is CC(C)Oc1ccc(C(Sc2ccccc2)Sc2ccccc2)cc1OCc1ccccc1. The molecule has 0 atom stereocenters. The van der Waals surface area contributed by atoms with Gasteiger partial charge in [0.05, 0.1) is 10.7 Å². The Morgan fingerprint density at radius 3 is 1.73 bits per heavy atom. The minimum atomic E-state index is 0.0723. The molecule has 0 N–H and O–H groups in total. The lowest BCUT2D eigenvalue weighted by molar-refractivity contribution is 0.218. The molecule has 0 unspecified atom stereocenters. The van der Waals surface area contributed by atoms with Crippen LogP contribution < -0.4 is 9.47 Å². The fraction of sp³-hybridized carbons (Fsp3) is 0.172. The molecule has 2 nitrogen and oxygen atoms in total. The third-order valence-electron chi connectivity index (χ3n) is 4.81. The van der Waals surface area contributed by atoms with Crippen LogP contribution in [0, 0.1) is 0 Å². The predicted octanol–water partition coefficient (Wildman–Crippen LogP) is 8.64. The summed E-state index contributed by atoms with van der Waals surface area (Å²) in [6.07, 6.45) is 0.0723. The molecule has 0 aliphatic carbocycles. The quantitative estimate of drug-likeness (QED) is 0.170. The van der Waals surface area contributed by atoms with Gasteiger partial charge in [-0.1, -0.05) is 72.8 Å². The molecule has 0 fully saturated rings. The van der Waals surface area contributed by atoms with Crippen LogP contribution in [-0.4, -0.2) is 6.10 Å². The molecule has 0 saturated heterocycles. The van der Waals surface area contributed by atoms with Crippen molar-refractivity contribution in [2.24, 2.45) is 0 Å². The summed E-state index contributed by atoms with van der Waals surface area (Å²) in [6.45, 7) is 4.57. The van der Waals surface area contributed by atoms with Gasteiger partial charge in [-0.25, -0.2) is 0 Å². The fourth-order valence-corrected chi connectivity index (χ4v) is 5.82. The number of benzene rings is 4. The van der Waals surface area contributed by atoms with Crippen LogP contribution in [0.3, 0.4) is 0 Å². The second kappa shape index (κ2) is 11.9. The second-order valence-corrected chi connectivity index (χ2v) is 10.5. The summed E-state index contributed by atoms with van der Waals surface area (Å²) < 4.78 is 12.5. The van der Waals surface area contributed by atoms with Crippen molar-refractivity contribution in [2.45, 2.75) is 40.9 Å². The standard InChI is InChI=1S/C29H28O2S2/c1-22(2)31-27-19-18-24(20-28(27)30-21-23-12-6-3-7-13-23)29(32-25-14-8-4-9-15-25)33-26-16-10-5-11-17-26/h3-20,22,29H,21H2,1-2H3. The van der Waals surface area contributed by atoms with Gasteiger partial charge in [-0.05, 0) is 61.4 Å². The molecule has 0 aliphatic rings. The Hall–Kier alpha value is -2.82. The van der Waals surface area contributed by atoms with Crippen LogP contribution in [0.5, 0.6) is 11.5 Å². The largest absolute Gasteiger partial charge is 0.487 e. The Kier molecular flexibility index (Phi) is 8.40. The van der Waals surface area contributed by atoms with Gasteiger partial charge in [0.15, 0.2) is 11.5 Å². The molecule has 33 heavy (non-hydrogen) atoms. The predicted molar refractivity (Wildman–Crippen MR) is 140 cm³/mol. The first-order valence-electron chi connectivity index (χ1n) is 11.1. The lowest BCUT2D eigenvalue weighted by Gasteiger charge is -2.20. The smallest absolute Gasteiger partial charge is 0.162 e. The van der Waals surface area contributed by atoms with Crippen molar-refractivity contribution >= 4 is 23.5 Å². The van der Waals surface area contributed by atoms with Crippen LogP contribution >= 0.6 is 23.5 Å². The number of hydrogen-bond acceptors (Lipinski definition) is 4.